The fraction of sp³-hybridized carbons (Fsp3) is 0.545. The highest BCUT2D eigenvalue weighted by Gasteiger charge is 2.14. The molecule has 6 heteroatoms. The maximum atomic E-state index is 9.08. The molecule has 1 aromatic heterocycles. The number of hydrogen-bond acceptors (Lipinski definition) is 6. The zero-order valence-corrected chi connectivity index (χ0v) is 10.4. The van der Waals surface area contributed by atoms with E-state index >= 15 is 0 Å². The summed E-state index contributed by atoms with van der Waals surface area (Å²) in [6, 6.07) is 2.05. The van der Waals surface area contributed by atoms with Crippen LogP contribution in [-0.4, -0.2) is 30.2 Å². The van der Waals surface area contributed by atoms with Crippen molar-refractivity contribution in [2.45, 2.75) is 20.3 Å². The molecule has 1 heterocycles. The van der Waals surface area contributed by atoms with Crippen LogP contribution in [0.5, 0.6) is 5.88 Å². The Balaban J connectivity index is 3.13. The Kier molecular flexibility index (Phi) is 5.01. The third-order valence-electron chi connectivity index (χ3n) is 2.06. The van der Waals surface area contributed by atoms with Gasteiger partial charge in [-0.3, -0.25) is 0 Å². The predicted octanol–water partition coefficient (Wildman–Crippen LogP) is 1.61. The standard InChI is InChI=1S/C11H17N5O/c1-4-6-14-9-8(7-12)10(17-3)16-11(15-9)13-5-2/h4-6H2,1-3H3,(H2,13,14,15,16). The van der Waals surface area contributed by atoms with Crippen molar-refractivity contribution in [3.8, 4) is 11.9 Å². The van der Waals surface area contributed by atoms with E-state index in [0.29, 0.717) is 23.9 Å². The fourth-order valence-electron chi connectivity index (χ4n) is 1.30. The molecule has 2 N–H and O–H groups in total. The quantitative estimate of drug-likeness (QED) is 0.779. The highest BCUT2D eigenvalue weighted by atomic mass is 16.5. The van der Waals surface area contributed by atoms with Crippen molar-refractivity contribution in [2.75, 3.05) is 30.8 Å². The van der Waals surface area contributed by atoms with Crippen molar-refractivity contribution in [2.24, 2.45) is 0 Å². The van der Waals surface area contributed by atoms with Gasteiger partial charge in [-0.15, -0.1) is 0 Å². The number of anilines is 2. The van der Waals surface area contributed by atoms with Crippen molar-refractivity contribution in [1.29, 1.82) is 5.26 Å². The van der Waals surface area contributed by atoms with E-state index in [4.69, 9.17) is 10.00 Å². The Morgan fingerprint density at radius 3 is 2.59 bits per heavy atom. The molecule has 0 bridgehead atoms. The lowest BCUT2D eigenvalue weighted by molar-refractivity contribution is 0.396. The van der Waals surface area contributed by atoms with Crippen molar-refractivity contribution in [3.63, 3.8) is 0 Å². The smallest absolute Gasteiger partial charge is 0.238 e. The number of nitrogens with one attached hydrogen (secondary N) is 2. The van der Waals surface area contributed by atoms with Gasteiger partial charge in [0.2, 0.25) is 11.8 Å². The van der Waals surface area contributed by atoms with Gasteiger partial charge in [0.1, 0.15) is 6.07 Å². The van der Waals surface area contributed by atoms with Gasteiger partial charge in [0.15, 0.2) is 11.4 Å². The molecule has 1 aromatic rings. The first-order chi connectivity index (χ1) is 8.26. The van der Waals surface area contributed by atoms with Gasteiger partial charge in [-0.1, -0.05) is 6.92 Å². The second-order valence-corrected chi connectivity index (χ2v) is 3.35. The van der Waals surface area contributed by atoms with Gasteiger partial charge in [0.05, 0.1) is 7.11 Å². The van der Waals surface area contributed by atoms with E-state index in [1.165, 1.54) is 7.11 Å². The first-order valence-electron chi connectivity index (χ1n) is 5.60. The molecule has 0 aliphatic rings. The molecule has 0 aliphatic carbocycles. The van der Waals surface area contributed by atoms with Crippen LogP contribution in [0.15, 0.2) is 0 Å². The molecule has 0 saturated heterocycles. The van der Waals surface area contributed by atoms with Gasteiger partial charge < -0.3 is 15.4 Å². The van der Waals surface area contributed by atoms with Crippen LogP contribution in [0.4, 0.5) is 11.8 Å². The number of nitrogens with zero attached hydrogens (tertiary/aromatic N) is 3. The largest absolute Gasteiger partial charge is 0.480 e. The lowest BCUT2D eigenvalue weighted by atomic mass is 10.3. The van der Waals surface area contributed by atoms with Crippen LogP contribution in [-0.2, 0) is 0 Å². The second kappa shape index (κ2) is 6.53. The van der Waals surface area contributed by atoms with Crippen LogP contribution in [0.25, 0.3) is 0 Å². The maximum absolute atomic E-state index is 9.08. The van der Waals surface area contributed by atoms with Crippen LogP contribution in [0.3, 0.4) is 0 Å². The first-order valence-corrected chi connectivity index (χ1v) is 5.60. The van der Waals surface area contributed by atoms with Crippen LogP contribution < -0.4 is 15.4 Å². The molecule has 0 saturated carbocycles. The fourth-order valence-corrected chi connectivity index (χ4v) is 1.30. The first kappa shape index (κ1) is 13.0. The Morgan fingerprint density at radius 1 is 1.29 bits per heavy atom. The van der Waals surface area contributed by atoms with Crippen LogP contribution >= 0.6 is 0 Å². The summed E-state index contributed by atoms with van der Waals surface area (Å²) in [6.45, 7) is 5.46. The number of rotatable bonds is 6. The van der Waals surface area contributed by atoms with Crippen LogP contribution in [0.2, 0.25) is 0 Å². The zero-order chi connectivity index (χ0) is 12.7. The molecule has 0 fully saturated rings. The predicted molar refractivity (Wildman–Crippen MR) is 66.2 cm³/mol. The van der Waals surface area contributed by atoms with Crippen molar-refractivity contribution < 1.29 is 4.74 Å². The van der Waals surface area contributed by atoms with Crippen LogP contribution in [0, 0.1) is 11.3 Å². The van der Waals surface area contributed by atoms with Gasteiger partial charge in [0.25, 0.3) is 0 Å². The minimum absolute atomic E-state index is 0.289. The highest BCUT2D eigenvalue weighted by Crippen LogP contribution is 2.23. The number of hydrogen-bond donors (Lipinski definition) is 2. The average Bonchev–Trinajstić information content (AvgIpc) is 2.35. The second-order valence-electron chi connectivity index (χ2n) is 3.35. The van der Waals surface area contributed by atoms with E-state index in [9.17, 15) is 0 Å². The van der Waals surface area contributed by atoms with Gasteiger partial charge in [0, 0.05) is 13.1 Å². The Labute approximate surface area is 101 Å². The maximum Gasteiger partial charge on any atom is 0.238 e. The molecular formula is C11H17N5O. The summed E-state index contributed by atoms with van der Waals surface area (Å²) >= 11 is 0. The third-order valence-corrected chi connectivity index (χ3v) is 2.06. The van der Waals surface area contributed by atoms with Crippen molar-refractivity contribution in [1.82, 2.24) is 9.97 Å². The van der Waals surface area contributed by atoms with Gasteiger partial charge >= 0.3 is 0 Å². The molecule has 6 nitrogen and oxygen atoms in total. The molecule has 0 aliphatic heterocycles. The molecule has 0 aromatic carbocycles. The van der Waals surface area contributed by atoms with Crippen LogP contribution in [0.1, 0.15) is 25.8 Å². The van der Waals surface area contributed by atoms with E-state index < -0.39 is 0 Å². The van der Waals surface area contributed by atoms with Crippen molar-refractivity contribution in [3.05, 3.63) is 5.56 Å². The van der Waals surface area contributed by atoms with Gasteiger partial charge in [-0.2, -0.15) is 15.2 Å². The summed E-state index contributed by atoms with van der Waals surface area (Å²) in [7, 11) is 1.49. The lowest BCUT2D eigenvalue weighted by Crippen LogP contribution is -2.10. The summed E-state index contributed by atoms with van der Waals surface area (Å²) in [5, 5.41) is 15.2. The molecular weight excluding hydrogens is 218 g/mol. The van der Waals surface area contributed by atoms with E-state index in [2.05, 4.69) is 26.7 Å². The summed E-state index contributed by atoms with van der Waals surface area (Å²) in [4.78, 5) is 8.36. The molecule has 0 unspecified atom stereocenters. The molecule has 1 rings (SSSR count). The normalized spacial score (nSPS) is 9.53. The van der Waals surface area contributed by atoms with Gasteiger partial charge in [-0.25, -0.2) is 0 Å². The monoisotopic (exact) mass is 235 g/mol. The number of nitriles is 1. The molecule has 0 atom stereocenters. The Morgan fingerprint density at radius 2 is 2.06 bits per heavy atom. The summed E-state index contributed by atoms with van der Waals surface area (Å²) < 4.78 is 5.09. The lowest BCUT2D eigenvalue weighted by Gasteiger charge is -2.11. The van der Waals surface area contributed by atoms with E-state index in [1.54, 1.807) is 0 Å². The molecule has 0 amide bonds. The molecule has 17 heavy (non-hydrogen) atoms. The minimum Gasteiger partial charge on any atom is -0.480 e. The number of ether oxygens (including phenoxy) is 1. The average molecular weight is 235 g/mol. The number of aromatic nitrogens is 2. The van der Waals surface area contributed by atoms with E-state index in [-0.39, 0.29) is 5.88 Å². The van der Waals surface area contributed by atoms with Gasteiger partial charge in [-0.05, 0) is 13.3 Å². The SMILES string of the molecule is CCCNc1nc(NCC)nc(OC)c1C#N. The topological polar surface area (TPSA) is 82.9 Å². The Bertz CT molecular complexity index is 413. The number of methoxy groups -OCH3 is 1. The summed E-state index contributed by atoms with van der Waals surface area (Å²) in [5.41, 5.74) is 0.336. The van der Waals surface area contributed by atoms with Crippen molar-refractivity contribution >= 4 is 11.8 Å². The molecule has 0 radical (unpaired) electrons. The van der Waals surface area contributed by atoms with E-state index in [1.807, 2.05) is 13.8 Å². The molecule has 92 valence electrons. The highest BCUT2D eigenvalue weighted by molar-refractivity contribution is 5.59. The minimum atomic E-state index is 0.289. The third kappa shape index (κ3) is 3.21. The molecule has 0 spiro atoms. The Hall–Kier alpha value is -2.03. The van der Waals surface area contributed by atoms with E-state index in [0.717, 1.165) is 13.0 Å². The zero-order valence-electron chi connectivity index (χ0n) is 10.4. The summed E-state index contributed by atoms with van der Waals surface area (Å²) in [6.07, 6.45) is 0.952. The summed E-state index contributed by atoms with van der Waals surface area (Å²) in [5.74, 6) is 1.26.